The van der Waals surface area contributed by atoms with Gasteiger partial charge in [-0.25, -0.2) is 8.78 Å². The molecule has 0 fully saturated rings. The fourth-order valence-electron chi connectivity index (χ4n) is 1.56. The minimum absolute atomic E-state index is 0.181. The molecule has 1 aromatic rings. The molecule has 0 bridgehead atoms. The van der Waals surface area contributed by atoms with Crippen LogP contribution in [0.15, 0.2) is 12.1 Å². The molecule has 5 heteroatoms. The fourth-order valence-corrected chi connectivity index (χ4v) is 1.56. The lowest BCUT2D eigenvalue weighted by atomic mass is 9.93. The lowest BCUT2D eigenvalue weighted by Crippen LogP contribution is -2.50. The molecular formula is C13H18F2N2O. The van der Waals surface area contributed by atoms with Crippen molar-refractivity contribution in [1.82, 2.24) is 0 Å². The maximum absolute atomic E-state index is 13.6. The SMILES string of the molecule is CCC(N)(CC)C(=O)Nc1cc(F)c(C)cc1F. The van der Waals surface area contributed by atoms with Gasteiger partial charge in [0.2, 0.25) is 5.91 Å². The zero-order valence-corrected chi connectivity index (χ0v) is 10.8. The Balaban J connectivity index is 2.98. The zero-order chi connectivity index (χ0) is 13.9. The van der Waals surface area contributed by atoms with Gasteiger partial charge in [-0.15, -0.1) is 0 Å². The second kappa shape index (κ2) is 5.44. The highest BCUT2D eigenvalue weighted by Gasteiger charge is 2.30. The van der Waals surface area contributed by atoms with Crippen LogP contribution in [0.25, 0.3) is 0 Å². The van der Waals surface area contributed by atoms with Gasteiger partial charge in [0.1, 0.15) is 11.6 Å². The molecule has 0 aliphatic heterocycles. The number of rotatable bonds is 4. The number of anilines is 1. The molecule has 1 amide bonds. The summed E-state index contributed by atoms with van der Waals surface area (Å²) in [4.78, 5) is 11.9. The Morgan fingerprint density at radius 3 is 2.33 bits per heavy atom. The van der Waals surface area contributed by atoms with E-state index in [0.29, 0.717) is 12.8 Å². The van der Waals surface area contributed by atoms with Gasteiger partial charge in [0.25, 0.3) is 0 Å². The number of amides is 1. The van der Waals surface area contributed by atoms with Gasteiger partial charge in [-0.3, -0.25) is 4.79 Å². The Hall–Kier alpha value is -1.49. The Morgan fingerprint density at radius 2 is 1.83 bits per heavy atom. The molecule has 3 N–H and O–H groups in total. The van der Waals surface area contributed by atoms with Crippen LogP contribution in [-0.4, -0.2) is 11.4 Å². The van der Waals surface area contributed by atoms with Gasteiger partial charge in [-0.05, 0) is 31.4 Å². The summed E-state index contributed by atoms with van der Waals surface area (Å²) in [6, 6.07) is 2.01. The second-order valence-corrected chi connectivity index (χ2v) is 4.40. The number of benzene rings is 1. The van der Waals surface area contributed by atoms with Gasteiger partial charge in [-0.2, -0.15) is 0 Å². The molecule has 1 rings (SSSR count). The van der Waals surface area contributed by atoms with Crippen LogP contribution in [-0.2, 0) is 4.79 Å². The van der Waals surface area contributed by atoms with Crippen LogP contribution in [0.5, 0.6) is 0 Å². The summed E-state index contributed by atoms with van der Waals surface area (Å²) in [6.45, 7) is 5.00. The van der Waals surface area contributed by atoms with Crippen LogP contribution < -0.4 is 11.1 Å². The van der Waals surface area contributed by atoms with E-state index in [2.05, 4.69) is 5.32 Å². The monoisotopic (exact) mass is 256 g/mol. The van der Waals surface area contributed by atoms with Gasteiger partial charge in [0.15, 0.2) is 0 Å². The number of hydrogen-bond donors (Lipinski definition) is 2. The predicted molar refractivity (Wildman–Crippen MR) is 67.2 cm³/mol. The highest BCUT2D eigenvalue weighted by atomic mass is 19.1. The van der Waals surface area contributed by atoms with Crippen molar-refractivity contribution in [2.45, 2.75) is 39.2 Å². The summed E-state index contributed by atoms with van der Waals surface area (Å²) in [6.07, 6.45) is 0.844. The van der Waals surface area contributed by atoms with E-state index in [-0.39, 0.29) is 11.3 Å². The number of carbonyl (C=O) groups is 1. The first-order chi connectivity index (χ1) is 8.34. The summed E-state index contributed by atoms with van der Waals surface area (Å²) >= 11 is 0. The van der Waals surface area contributed by atoms with Crippen molar-refractivity contribution in [2.75, 3.05) is 5.32 Å². The van der Waals surface area contributed by atoms with Crippen LogP contribution in [0.2, 0.25) is 0 Å². The first-order valence-electron chi connectivity index (χ1n) is 5.90. The summed E-state index contributed by atoms with van der Waals surface area (Å²) < 4.78 is 26.9. The van der Waals surface area contributed by atoms with E-state index < -0.39 is 23.1 Å². The summed E-state index contributed by atoms with van der Waals surface area (Å²) in [5.74, 6) is -1.74. The molecule has 100 valence electrons. The molecule has 1 aromatic carbocycles. The molecular weight excluding hydrogens is 238 g/mol. The highest BCUT2D eigenvalue weighted by Crippen LogP contribution is 2.21. The molecule has 0 saturated heterocycles. The molecule has 0 aliphatic carbocycles. The standard InChI is InChI=1S/C13H18F2N2O/c1-4-13(16,5-2)12(18)17-11-7-9(14)8(3)6-10(11)15/h6-7H,4-5,16H2,1-3H3,(H,17,18). The number of nitrogens with one attached hydrogen (secondary N) is 1. The number of nitrogens with two attached hydrogens (primary N) is 1. The van der Waals surface area contributed by atoms with Crippen LogP contribution in [0.1, 0.15) is 32.3 Å². The van der Waals surface area contributed by atoms with Crippen molar-refractivity contribution in [3.63, 3.8) is 0 Å². The van der Waals surface area contributed by atoms with E-state index in [1.807, 2.05) is 0 Å². The molecule has 0 saturated carbocycles. The lowest BCUT2D eigenvalue weighted by Gasteiger charge is -2.25. The van der Waals surface area contributed by atoms with E-state index in [1.165, 1.54) is 6.92 Å². The summed E-state index contributed by atoms with van der Waals surface area (Å²) in [5.41, 5.74) is 4.83. The first-order valence-corrected chi connectivity index (χ1v) is 5.90. The van der Waals surface area contributed by atoms with Crippen LogP contribution >= 0.6 is 0 Å². The minimum atomic E-state index is -1.06. The Kier molecular flexibility index (Phi) is 4.40. The Bertz CT molecular complexity index is 457. The quantitative estimate of drug-likeness (QED) is 0.870. The van der Waals surface area contributed by atoms with Gasteiger partial charge >= 0.3 is 0 Å². The van der Waals surface area contributed by atoms with E-state index in [9.17, 15) is 13.6 Å². The van der Waals surface area contributed by atoms with E-state index in [4.69, 9.17) is 5.73 Å². The third-order valence-corrected chi connectivity index (χ3v) is 3.21. The molecule has 3 nitrogen and oxygen atoms in total. The number of halogens is 2. The smallest absolute Gasteiger partial charge is 0.244 e. The van der Waals surface area contributed by atoms with E-state index in [0.717, 1.165) is 12.1 Å². The third-order valence-electron chi connectivity index (χ3n) is 3.21. The third kappa shape index (κ3) is 2.85. The predicted octanol–water partition coefficient (Wildman–Crippen LogP) is 2.73. The van der Waals surface area contributed by atoms with Gasteiger partial charge in [0, 0.05) is 6.07 Å². The van der Waals surface area contributed by atoms with E-state index in [1.54, 1.807) is 13.8 Å². The maximum atomic E-state index is 13.6. The lowest BCUT2D eigenvalue weighted by molar-refractivity contribution is -0.121. The van der Waals surface area contributed by atoms with Crippen LogP contribution in [0.4, 0.5) is 14.5 Å². The normalized spacial score (nSPS) is 11.4. The van der Waals surface area contributed by atoms with E-state index >= 15 is 0 Å². The molecule has 18 heavy (non-hydrogen) atoms. The first kappa shape index (κ1) is 14.6. The highest BCUT2D eigenvalue weighted by molar-refractivity contribution is 5.98. The average Bonchev–Trinajstić information content (AvgIpc) is 2.34. The minimum Gasteiger partial charge on any atom is -0.322 e. The van der Waals surface area contributed by atoms with Crippen molar-refractivity contribution in [3.05, 3.63) is 29.3 Å². The topological polar surface area (TPSA) is 55.1 Å². The largest absolute Gasteiger partial charge is 0.322 e. The molecule has 0 atom stereocenters. The fraction of sp³-hybridized carbons (Fsp3) is 0.462. The molecule has 0 heterocycles. The Morgan fingerprint density at radius 1 is 1.28 bits per heavy atom. The van der Waals surface area contributed by atoms with Crippen molar-refractivity contribution < 1.29 is 13.6 Å². The van der Waals surface area contributed by atoms with Gasteiger partial charge in [-0.1, -0.05) is 13.8 Å². The van der Waals surface area contributed by atoms with Crippen molar-refractivity contribution in [1.29, 1.82) is 0 Å². The number of aryl methyl sites for hydroxylation is 1. The van der Waals surface area contributed by atoms with Crippen molar-refractivity contribution >= 4 is 11.6 Å². The average molecular weight is 256 g/mol. The molecule has 0 aliphatic rings. The van der Waals surface area contributed by atoms with Crippen molar-refractivity contribution in [2.24, 2.45) is 5.73 Å². The van der Waals surface area contributed by atoms with Gasteiger partial charge in [0.05, 0.1) is 11.2 Å². The van der Waals surface area contributed by atoms with Gasteiger partial charge < -0.3 is 11.1 Å². The van der Waals surface area contributed by atoms with Crippen LogP contribution in [0, 0.1) is 18.6 Å². The summed E-state index contributed by atoms with van der Waals surface area (Å²) in [5, 5.41) is 2.34. The molecule has 0 spiro atoms. The number of hydrogen-bond acceptors (Lipinski definition) is 2. The molecule has 0 aromatic heterocycles. The summed E-state index contributed by atoms with van der Waals surface area (Å²) in [7, 11) is 0. The molecule has 0 unspecified atom stereocenters. The van der Waals surface area contributed by atoms with Crippen LogP contribution in [0.3, 0.4) is 0 Å². The second-order valence-electron chi connectivity index (χ2n) is 4.40. The Labute approximate surface area is 105 Å². The maximum Gasteiger partial charge on any atom is 0.244 e. The molecule has 0 radical (unpaired) electrons. The van der Waals surface area contributed by atoms with Crippen molar-refractivity contribution in [3.8, 4) is 0 Å². The number of carbonyl (C=O) groups excluding carboxylic acids is 1. The zero-order valence-electron chi connectivity index (χ0n) is 10.8.